The minimum atomic E-state index is -4.81. The van der Waals surface area contributed by atoms with Crippen molar-refractivity contribution in [3.05, 3.63) is 35.1 Å². The van der Waals surface area contributed by atoms with Gasteiger partial charge >= 0.3 is 6.18 Å². The highest BCUT2D eigenvalue weighted by Crippen LogP contribution is 2.32. The van der Waals surface area contributed by atoms with Gasteiger partial charge in [-0.05, 0) is 24.6 Å². The SMILES string of the molecule is CCCN(C(=O)c1ccc(F)c(C(F)(F)F)c1)C1CNC1. The molecule has 21 heavy (non-hydrogen) atoms. The topological polar surface area (TPSA) is 32.3 Å². The minimum Gasteiger partial charge on any atom is -0.333 e. The Balaban J connectivity index is 2.29. The Morgan fingerprint density at radius 3 is 2.52 bits per heavy atom. The molecule has 116 valence electrons. The zero-order chi connectivity index (χ0) is 15.6. The number of carbonyl (C=O) groups is 1. The average Bonchev–Trinajstić information content (AvgIpc) is 2.34. The highest BCUT2D eigenvalue weighted by molar-refractivity contribution is 5.94. The van der Waals surface area contributed by atoms with Crippen molar-refractivity contribution in [1.29, 1.82) is 0 Å². The van der Waals surface area contributed by atoms with Crippen LogP contribution in [-0.4, -0.2) is 36.5 Å². The molecule has 0 radical (unpaired) electrons. The molecule has 0 bridgehead atoms. The summed E-state index contributed by atoms with van der Waals surface area (Å²) in [5.74, 6) is -1.86. The number of rotatable bonds is 4. The van der Waals surface area contributed by atoms with Gasteiger partial charge < -0.3 is 10.2 Å². The van der Waals surface area contributed by atoms with Gasteiger partial charge in [0, 0.05) is 25.2 Å². The van der Waals surface area contributed by atoms with Crippen LogP contribution in [-0.2, 0) is 6.18 Å². The number of nitrogens with zero attached hydrogens (tertiary/aromatic N) is 1. The van der Waals surface area contributed by atoms with Gasteiger partial charge in [0.1, 0.15) is 5.82 Å². The summed E-state index contributed by atoms with van der Waals surface area (Å²) in [5, 5.41) is 3.02. The smallest absolute Gasteiger partial charge is 0.333 e. The molecule has 0 aromatic heterocycles. The summed E-state index contributed by atoms with van der Waals surface area (Å²) in [6.45, 7) is 3.60. The Kier molecular flexibility index (Phi) is 4.51. The lowest BCUT2D eigenvalue weighted by atomic mass is 10.1. The maximum absolute atomic E-state index is 13.3. The molecule has 0 atom stereocenters. The first-order valence-electron chi connectivity index (χ1n) is 6.73. The molecule has 0 spiro atoms. The maximum Gasteiger partial charge on any atom is 0.419 e. The Hall–Kier alpha value is -1.63. The first kappa shape index (κ1) is 15.8. The first-order valence-corrected chi connectivity index (χ1v) is 6.73. The first-order chi connectivity index (χ1) is 9.84. The molecular formula is C14H16F4N2O. The fourth-order valence-corrected chi connectivity index (χ4v) is 2.23. The summed E-state index contributed by atoms with van der Waals surface area (Å²) < 4.78 is 51.4. The lowest BCUT2D eigenvalue weighted by Crippen LogP contribution is -2.59. The second-order valence-corrected chi connectivity index (χ2v) is 5.00. The van der Waals surface area contributed by atoms with Gasteiger partial charge in [-0.1, -0.05) is 6.92 Å². The molecule has 1 aromatic rings. The van der Waals surface area contributed by atoms with E-state index in [9.17, 15) is 22.4 Å². The molecule has 7 heteroatoms. The summed E-state index contributed by atoms with van der Waals surface area (Å²) in [7, 11) is 0. The van der Waals surface area contributed by atoms with Crippen LogP contribution in [0.3, 0.4) is 0 Å². The monoisotopic (exact) mass is 304 g/mol. The number of carbonyl (C=O) groups excluding carboxylic acids is 1. The third-order valence-corrected chi connectivity index (χ3v) is 3.44. The molecule has 1 fully saturated rings. The third-order valence-electron chi connectivity index (χ3n) is 3.44. The van der Waals surface area contributed by atoms with Crippen LogP contribution in [0.2, 0.25) is 0 Å². The second-order valence-electron chi connectivity index (χ2n) is 5.00. The second kappa shape index (κ2) is 6.01. The summed E-state index contributed by atoms with van der Waals surface area (Å²) in [6.07, 6.45) is -4.11. The number of benzene rings is 1. The fourth-order valence-electron chi connectivity index (χ4n) is 2.23. The van der Waals surface area contributed by atoms with E-state index in [1.165, 1.54) is 0 Å². The lowest BCUT2D eigenvalue weighted by molar-refractivity contribution is -0.140. The minimum absolute atomic E-state index is 0.0168. The molecule has 0 aliphatic carbocycles. The van der Waals surface area contributed by atoms with Crippen LogP contribution in [0.1, 0.15) is 29.3 Å². The molecule has 1 amide bonds. The van der Waals surface area contributed by atoms with Crippen LogP contribution in [0.4, 0.5) is 17.6 Å². The van der Waals surface area contributed by atoms with Crippen molar-refractivity contribution in [3.63, 3.8) is 0 Å². The van der Waals surface area contributed by atoms with Crippen LogP contribution in [0.15, 0.2) is 18.2 Å². The van der Waals surface area contributed by atoms with E-state index in [2.05, 4.69) is 5.32 Å². The van der Waals surface area contributed by atoms with Gasteiger partial charge in [-0.25, -0.2) is 4.39 Å². The van der Waals surface area contributed by atoms with Crippen molar-refractivity contribution in [2.45, 2.75) is 25.6 Å². The molecule has 0 saturated carbocycles. The van der Waals surface area contributed by atoms with E-state index in [0.29, 0.717) is 38.2 Å². The molecule has 1 saturated heterocycles. The van der Waals surface area contributed by atoms with Gasteiger partial charge in [0.05, 0.1) is 11.6 Å². The summed E-state index contributed by atoms with van der Waals surface area (Å²) >= 11 is 0. The zero-order valence-electron chi connectivity index (χ0n) is 11.5. The molecule has 1 aliphatic rings. The predicted molar refractivity (Wildman–Crippen MR) is 69.4 cm³/mol. The van der Waals surface area contributed by atoms with Crippen LogP contribution >= 0.6 is 0 Å². The van der Waals surface area contributed by atoms with E-state index >= 15 is 0 Å². The van der Waals surface area contributed by atoms with E-state index in [-0.39, 0.29) is 11.6 Å². The van der Waals surface area contributed by atoms with E-state index in [0.717, 1.165) is 6.07 Å². The van der Waals surface area contributed by atoms with Crippen molar-refractivity contribution in [2.75, 3.05) is 19.6 Å². The molecule has 0 unspecified atom stereocenters. The normalized spacial score (nSPS) is 15.7. The van der Waals surface area contributed by atoms with Crippen molar-refractivity contribution >= 4 is 5.91 Å². The average molecular weight is 304 g/mol. The van der Waals surface area contributed by atoms with Gasteiger partial charge in [0.15, 0.2) is 0 Å². The van der Waals surface area contributed by atoms with Crippen LogP contribution in [0.25, 0.3) is 0 Å². The Labute approximate surface area is 119 Å². The molecule has 1 heterocycles. The van der Waals surface area contributed by atoms with Gasteiger partial charge in [-0.15, -0.1) is 0 Å². The van der Waals surface area contributed by atoms with Crippen LogP contribution < -0.4 is 5.32 Å². The number of amides is 1. The number of hydrogen-bond acceptors (Lipinski definition) is 2. The van der Waals surface area contributed by atoms with Crippen LogP contribution in [0.5, 0.6) is 0 Å². The molecule has 1 aliphatic heterocycles. The number of nitrogens with one attached hydrogen (secondary N) is 1. The highest BCUT2D eigenvalue weighted by Gasteiger charge is 2.36. The molecule has 2 rings (SSSR count). The lowest BCUT2D eigenvalue weighted by Gasteiger charge is -2.38. The van der Waals surface area contributed by atoms with Crippen molar-refractivity contribution in [3.8, 4) is 0 Å². The van der Waals surface area contributed by atoms with Gasteiger partial charge in [0.2, 0.25) is 0 Å². The number of hydrogen-bond donors (Lipinski definition) is 1. The number of halogens is 4. The van der Waals surface area contributed by atoms with E-state index in [1.807, 2.05) is 6.92 Å². The standard InChI is InChI=1S/C14H16F4N2O/c1-2-5-20(10-7-19-8-10)13(21)9-3-4-12(15)11(6-9)14(16,17)18/h3-4,6,10,19H,2,5,7-8H2,1H3. The predicted octanol–water partition coefficient (Wildman–Crippen LogP) is 2.67. The van der Waals surface area contributed by atoms with Crippen LogP contribution in [0, 0.1) is 5.82 Å². The van der Waals surface area contributed by atoms with Gasteiger partial charge in [-0.3, -0.25) is 4.79 Å². The largest absolute Gasteiger partial charge is 0.419 e. The number of alkyl halides is 3. The third kappa shape index (κ3) is 3.34. The van der Waals surface area contributed by atoms with Crippen molar-refractivity contribution in [1.82, 2.24) is 10.2 Å². The molecule has 3 nitrogen and oxygen atoms in total. The zero-order valence-corrected chi connectivity index (χ0v) is 11.5. The Bertz CT molecular complexity index is 526. The Morgan fingerprint density at radius 2 is 2.05 bits per heavy atom. The summed E-state index contributed by atoms with van der Waals surface area (Å²) in [5.41, 5.74) is -1.54. The highest BCUT2D eigenvalue weighted by atomic mass is 19.4. The van der Waals surface area contributed by atoms with E-state index < -0.39 is 23.5 Å². The quantitative estimate of drug-likeness (QED) is 0.867. The van der Waals surface area contributed by atoms with Gasteiger partial charge in [-0.2, -0.15) is 13.2 Å². The molecular weight excluding hydrogens is 288 g/mol. The van der Waals surface area contributed by atoms with Gasteiger partial charge in [0.25, 0.3) is 5.91 Å². The van der Waals surface area contributed by atoms with E-state index in [1.54, 1.807) is 4.90 Å². The van der Waals surface area contributed by atoms with E-state index in [4.69, 9.17) is 0 Å². The maximum atomic E-state index is 13.3. The molecule has 1 aromatic carbocycles. The Morgan fingerprint density at radius 1 is 1.38 bits per heavy atom. The summed E-state index contributed by atoms with van der Waals surface area (Å²) in [4.78, 5) is 13.9. The van der Waals surface area contributed by atoms with Crippen molar-refractivity contribution < 1.29 is 22.4 Å². The fraction of sp³-hybridized carbons (Fsp3) is 0.500. The summed E-state index contributed by atoms with van der Waals surface area (Å²) in [6, 6.07) is 2.37. The molecule has 1 N–H and O–H groups in total. The van der Waals surface area contributed by atoms with Crippen molar-refractivity contribution in [2.24, 2.45) is 0 Å².